The maximum Gasteiger partial charge on any atom is 0.310 e. The lowest BCUT2D eigenvalue weighted by molar-refractivity contribution is 0.410. The van der Waals surface area contributed by atoms with E-state index in [1.165, 1.54) is 34.9 Å². The van der Waals surface area contributed by atoms with Crippen LogP contribution in [0.25, 0.3) is 47.3 Å². The minimum absolute atomic E-state index is 0.0115. The third-order valence-corrected chi connectivity index (χ3v) is 21.4. The van der Waals surface area contributed by atoms with Gasteiger partial charge in [0.25, 0.3) is 0 Å². The standard InChI is InChI=1S/C19H13BrFN3O2S.C19H14BrN3O2S.C13H10BrN5O3S.C13H9BrN2O2S/c1-24-18(25)14(27-19(24)26)7-10-6-12-13(9-2-4-11(22)5-3-9)8-23-17(12)16(21)15(10)20;1-23-18(24)17(26-19(23)25)7-11-6-13-14(9-22-16(13)8-15(11)20)10-2-4-12(21)5-3-10;1-19-12(20)10(23-13(19)21)4-6-3-9(22-2)7(5-8(6)14)11-15-17-18-16-11;1-16-12(17)11(19-13(16)18)5-8-4-7-2-3-15-10(7)6-9(8)14/h2-8,25H,22H2,1H3;2-9,24H,21H2,1H3;3-5,20H,1-2H3;2-6,17H,1H3. The van der Waals surface area contributed by atoms with Crippen molar-refractivity contribution in [3.05, 3.63) is 261 Å². The number of benzene rings is 6. The Morgan fingerprint density at radius 3 is 1.39 bits per heavy atom. The van der Waals surface area contributed by atoms with Crippen molar-refractivity contribution in [3.63, 3.8) is 0 Å². The Hall–Kier alpha value is -9.34. The first-order valence-corrected chi connectivity index (χ1v) is 33.9. The molecule has 10 aromatic rings. The van der Waals surface area contributed by atoms with Gasteiger partial charge in [0.15, 0.2) is 5.82 Å². The molecule has 0 fully saturated rings. The van der Waals surface area contributed by atoms with Gasteiger partial charge in [-0.05, 0) is 155 Å². The number of rotatable bonds is 7. The molecule has 0 bridgehead atoms. The maximum atomic E-state index is 14.9. The summed E-state index contributed by atoms with van der Waals surface area (Å²) in [6.45, 7) is 0. The number of aromatic hydroxyl groups is 4. The second-order valence-corrected chi connectivity index (χ2v) is 28.0. The van der Waals surface area contributed by atoms with E-state index in [0.717, 1.165) is 123 Å². The Kier molecular flexibility index (Phi) is 19.7. The van der Waals surface area contributed by atoms with E-state index in [1.54, 1.807) is 81.1 Å². The van der Waals surface area contributed by atoms with Crippen molar-refractivity contribution in [1.82, 2.24) is 18.3 Å². The zero-order chi connectivity index (χ0) is 67.8. The number of anilines is 2. The minimum Gasteiger partial charge on any atom is -0.496 e. The lowest BCUT2D eigenvalue weighted by Crippen LogP contribution is -2.20. The Labute approximate surface area is 583 Å². The molecule has 0 spiro atoms. The van der Waals surface area contributed by atoms with E-state index in [2.05, 4.69) is 99.4 Å². The van der Waals surface area contributed by atoms with Gasteiger partial charge in [-0.2, -0.15) is 0 Å². The Balaban J connectivity index is 0.000000130. The molecule has 8 heterocycles. The second kappa shape index (κ2) is 27.9. The molecule has 8 N–H and O–H groups in total. The zero-order valence-corrected chi connectivity index (χ0v) is 59.3. The number of nitrogens with zero attached hydrogens (tertiary/aromatic N) is 11. The number of aromatic nitrogens is 4. The average molecular weight is 1610 g/mol. The molecule has 14 rings (SSSR count). The summed E-state index contributed by atoms with van der Waals surface area (Å²) < 4.78 is 27.7. The third-order valence-electron chi connectivity index (χ3n) is 14.7. The van der Waals surface area contributed by atoms with Crippen molar-refractivity contribution in [2.24, 2.45) is 63.8 Å². The summed E-state index contributed by atoms with van der Waals surface area (Å²) >= 11 is 17.6. The fraction of sp³-hybridized carbons (Fsp3) is 0.0781. The molecule has 0 atom stereocenters. The summed E-state index contributed by atoms with van der Waals surface area (Å²) in [5.74, 6) is 0.0927. The first kappa shape index (κ1) is 67.1. The van der Waals surface area contributed by atoms with E-state index in [1.807, 2.05) is 72.9 Å². The summed E-state index contributed by atoms with van der Waals surface area (Å²) in [5.41, 5.74) is 19.2. The van der Waals surface area contributed by atoms with Gasteiger partial charge in [0.2, 0.25) is 29.3 Å². The van der Waals surface area contributed by atoms with E-state index >= 15 is 0 Å². The van der Waals surface area contributed by atoms with Crippen LogP contribution in [0.2, 0.25) is 0 Å². The van der Waals surface area contributed by atoms with Gasteiger partial charge >= 0.3 is 19.5 Å². The number of ether oxygens (including phenoxy) is 1. The van der Waals surface area contributed by atoms with Crippen molar-refractivity contribution in [2.75, 3.05) is 18.6 Å². The predicted octanol–water partition coefficient (Wildman–Crippen LogP) is 7.83. The van der Waals surface area contributed by atoms with Crippen molar-refractivity contribution in [1.29, 1.82) is 0 Å². The van der Waals surface area contributed by atoms with Crippen LogP contribution in [0.4, 0.5) is 15.8 Å². The first-order chi connectivity index (χ1) is 45.4. The first-order valence-electron chi connectivity index (χ1n) is 27.5. The average Bonchev–Trinajstić information content (AvgIpc) is 1.67. The molecule has 480 valence electrons. The fourth-order valence-corrected chi connectivity index (χ4v) is 14.5. The van der Waals surface area contributed by atoms with E-state index in [-0.39, 0.29) is 52.8 Å². The van der Waals surface area contributed by atoms with Crippen LogP contribution in [0.5, 0.6) is 29.3 Å². The molecular formula is C64H46Br4FN13O9S4. The van der Waals surface area contributed by atoms with Crippen molar-refractivity contribution in [2.45, 2.75) is 0 Å². The van der Waals surface area contributed by atoms with E-state index in [0.29, 0.717) is 58.5 Å². The second-order valence-electron chi connectivity index (χ2n) is 20.7. The third kappa shape index (κ3) is 13.9. The molecular weight excluding hydrogens is 1560 g/mol. The molecule has 22 nitrogen and oxygen atoms in total. The highest BCUT2D eigenvalue weighted by atomic mass is 79.9. The van der Waals surface area contributed by atoms with Crippen LogP contribution in [0, 0.1) is 5.82 Å². The van der Waals surface area contributed by atoms with Gasteiger partial charge < -0.3 is 36.6 Å². The van der Waals surface area contributed by atoms with Crippen LogP contribution in [-0.2, 0) is 28.2 Å². The number of nitrogens with two attached hydrogens (primary N) is 2. The topological polar surface area (TPSA) is 317 Å². The number of hydrogen-bond donors (Lipinski definition) is 6. The van der Waals surface area contributed by atoms with Crippen molar-refractivity contribution in [3.8, 4) is 29.3 Å². The smallest absolute Gasteiger partial charge is 0.310 e. The van der Waals surface area contributed by atoms with Crippen molar-refractivity contribution < 1.29 is 29.6 Å². The summed E-state index contributed by atoms with van der Waals surface area (Å²) in [6.07, 6.45) is 14.0. The molecule has 0 aliphatic carbocycles. The van der Waals surface area contributed by atoms with Gasteiger partial charge in [0.1, 0.15) is 11.1 Å². The van der Waals surface area contributed by atoms with Gasteiger partial charge in [-0.3, -0.25) is 52.4 Å². The molecule has 0 unspecified atom stereocenters. The number of hydrogen-bond acceptors (Lipinski definition) is 22. The highest BCUT2D eigenvalue weighted by Crippen LogP contribution is 2.29. The van der Waals surface area contributed by atoms with Gasteiger partial charge in [-0.1, -0.05) is 117 Å². The van der Waals surface area contributed by atoms with Gasteiger partial charge in [-0.15, -0.1) is 10.2 Å². The van der Waals surface area contributed by atoms with Crippen LogP contribution in [0.15, 0.2) is 182 Å². The van der Waals surface area contributed by atoms with E-state index in [4.69, 9.17) is 16.2 Å². The van der Waals surface area contributed by atoms with Crippen molar-refractivity contribution >= 4 is 168 Å². The Morgan fingerprint density at radius 2 is 0.926 bits per heavy atom. The normalized spacial score (nSPS) is 13.6. The molecule has 4 aromatic heterocycles. The monoisotopic (exact) mass is 1600 g/mol. The number of thiazole rings is 4. The number of methoxy groups -OCH3 is 1. The van der Waals surface area contributed by atoms with Crippen LogP contribution in [-0.4, -0.2) is 45.8 Å². The van der Waals surface area contributed by atoms with Crippen LogP contribution >= 0.6 is 109 Å². The Morgan fingerprint density at radius 1 is 0.516 bits per heavy atom. The number of nitrogen functional groups attached to an aromatic ring is 2. The van der Waals surface area contributed by atoms with Gasteiger partial charge in [0, 0.05) is 99.4 Å². The van der Waals surface area contributed by atoms with Crippen LogP contribution in [0.1, 0.15) is 47.3 Å². The van der Waals surface area contributed by atoms with Crippen LogP contribution < -0.4 is 77.9 Å². The molecule has 0 saturated heterocycles. The number of fused-ring (bicyclic) bond motifs is 3. The molecule has 0 radical (unpaired) electrons. The highest BCUT2D eigenvalue weighted by molar-refractivity contribution is 9.11. The molecule has 0 amide bonds. The highest BCUT2D eigenvalue weighted by Gasteiger charge is 2.21. The van der Waals surface area contributed by atoms with Gasteiger partial charge in [0.05, 0.1) is 47.0 Å². The van der Waals surface area contributed by atoms with E-state index in [9.17, 15) is 44.0 Å². The minimum atomic E-state index is -0.497. The molecule has 4 aliphatic heterocycles. The summed E-state index contributed by atoms with van der Waals surface area (Å²) in [7, 11) is 7.61. The molecule has 31 heteroatoms. The lowest BCUT2D eigenvalue weighted by Gasteiger charge is -2.06. The quantitative estimate of drug-likeness (QED) is 0.0835. The fourth-order valence-electron chi connectivity index (χ4n) is 9.48. The molecule has 4 aliphatic rings. The largest absolute Gasteiger partial charge is 0.496 e. The van der Waals surface area contributed by atoms with E-state index < -0.39 is 5.82 Å². The number of halogens is 5. The summed E-state index contributed by atoms with van der Waals surface area (Å²) in [4.78, 5) is 60.4. The molecule has 6 aromatic carbocycles. The van der Waals surface area contributed by atoms with Gasteiger partial charge in [-0.25, -0.2) is 4.39 Å². The zero-order valence-electron chi connectivity index (χ0n) is 49.7. The Bertz CT molecular complexity index is 5840. The SMILES string of the molecule is COc1cc(=Cc2sc(=O)n(C)c2O)c(Br)cc1=C1N=NN=N1.Cn1c(O)c(C=c2cc3c(c(F)c2Br)=NC=C3c2ccc(N)cc2)sc1=O.Cn1c(O)c(C=c2cc3c(cc2Br)=NC=C3)sc1=O.Cn1c(O)c(C=c2cc3c(cc2Br)=NC=C3c2ccc(N)cc2)sc1=O. The lowest BCUT2D eigenvalue weighted by atomic mass is 9.98. The predicted molar refractivity (Wildman–Crippen MR) is 382 cm³/mol. The van der Waals surface area contributed by atoms with Crippen LogP contribution in [0.3, 0.4) is 0 Å². The molecule has 0 saturated carbocycles. The molecule has 95 heavy (non-hydrogen) atoms. The summed E-state index contributed by atoms with van der Waals surface area (Å²) in [6, 6.07) is 28.0. The summed E-state index contributed by atoms with van der Waals surface area (Å²) in [5, 5.41) is 60.2. The maximum absolute atomic E-state index is 14.9.